The molecule has 1 aromatic carbocycles. The second kappa shape index (κ2) is 11.7. The fourth-order valence-corrected chi connectivity index (χ4v) is 5.87. The number of anilines is 1. The summed E-state index contributed by atoms with van der Waals surface area (Å²) in [6.07, 6.45) is 2.83. The van der Waals surface area contributed by atoms with Crippen molar-refractivity contribution in [3.8, 4) is 0 Å². The molecule has 36 heavy (non-hydrogen) atoms. The van der Waals surface area contributed by atoms with Crippen LogP contribution in [0.5, 0.6) is 0 Å². The van der Waals surface area contributed by atoms with E-state index in [2.05, 4.69) is 38.9 Å². The molecule has 3 heterocycles. The van der Waals surface area contributed by atoms with Gasteiger partial charge >= 0.3 is 0 Å². The Morgan fingerprint density at radius 1 is 1.25 bits per heavy atom. The molecule has 196 valence electrons. The van der Waals surface area contributed by atoms with E-state index in [1.54, 1.807) is 0 Å². The molecule has 13 heteroatoms. The van der Waals surface area contributed by atoms with Gasteiger partial charge in [-0.2, -0.15) is 4.39 Å². The van der Waals surface area contributed by atoms with Crippen LogP contribution in [0, 0.1) is 5.13 Å². The SMILES string of the molecule is CC(C)N1CCC(NS(=O)(=O)c2ccc(C(=NO[C@@H]3CCOC3)C(=O)Nc3ncc(F)s3)cc2)CC1. The van der Waals surface area contributed by atoms with Crippen LogP contribution in [0.2, 0.25) is 0 Å². The summed E-state index contributed by atoms with van der Waals surface area (Å²) in [5.74, 6) is -0.658. The second-order valence-corrected chi connectivity index (χ2v) is 11.7. The maximum absolute atomic E-state index is 13.3. The van der Waals surface area contributed by atoms with Gasteiger partial charge in [-0.15, -0.1) is 0 Å². The summed E-state index contributed by atoms with van der Waals surface area (Å²) in [6.45, 7) is 6.84. The molecule has 1 atom stereocenters. The summed E-state index contributed by atoms with van der Waals surface area (Å²) in [5.41, 5.74) is 0.253. The van der Waals surface area contributed by atoms with Crippen molar-refractivity contribution in [1.29, 1.82) is 0 Å². The Labute approximate surface area is 213 Å². The lowest BCUT2D eigenvalue weighted by atomic mass is 10.1. The molecule has 2 aliphatic heterocycles. The number of piperidine rings is 1. The van der Waals surface area contributed by atoms with Gasteiger partial charge in [-0.25, -0.2) is 18.1 Å². The quantitative estimate of drug-likeness (QED) is 0.371. The fraction of sp³-hybridized carbons (Fsp3) is 0.522. The third-order valence-corrected chi connectivity index (χ3v) is 8.35. The second-order valence-electron chi connectivity index (χ2n) is 9.00. The van der Waals surface area contributed by atoms with Gasteiger partial charge in [0.2, 0.25) is 10.0 Å². The van der Waals surface area contributed by atoms with Crippen LogP contribution < -0.4 is 10.0 Å². The molecule has 4 rings (SSSR count). The molecule has 2 N–H and O–H groups in total. The summed E-state index contributed by atoms with van der Waals surface area (Å²) in [5, 5.41) is 6.05. The average Bonchev–Trinajstić information content (AvgIpc) is 3.51. The van der Waals surface area contributed by atoms with E-state index in [1.165, 1.54) is 24.3 Å². The Bertz CT molecular complexity index is 1170. The number of likely N-dealkylation sites (tertiary alicyclic amines) is 1. The number of thiazole rings is 1. The molecule has 2 aromatic rings. The lowest BCUT2D eigenvalue weighted by molar-refractivity contribution is -0.110. The highest BCUT2D eigenvalue weighted by atomic mass is 32.2. The van der Waals surface area contributed by atoms with E-state index in [-0.39, 0.29) is 27.9 Å². The summed E-state index contributed by atoms with van der Waals surface area (Å²) >= 11 is 0.680. The van der Waals surface area contributed by atoms with E-state index in [4.69, 9.17) is 9.57 Å². The van der Waals surface area contributed by atoms with E-state index in [0.717, 1.165) is 32.1 Å². The van der Waals surface area contributed by atoms with Gasteiger partial charge in [-0.1, -0.05) is 28.6 Å². The molecule has 2 fully saturated rings. The molecule has 1 aromatic heterocycles. The number of benzene rings is 1. The lowest BCUT2D eigenvalue weighted by Gasteiger charge is -2.34. The number of halogens is 1. The third-order valence-electron chi connectivity index (χ3n) is 6.11. The van der Waals surface area contributed by atoms with Crippen molar-refractivity contribution < 1.29 is 27.2 Å². The molecule has 0 bridgehead atoms. The number of rotatable bonds is 9. The number of carbonyl (C=O) groups is 1. The smallest absolute Gasteiger partial charge is 0.280 e. The van der Waals surface area contributed by atoms with Gasteiger partial charge in [-0.3, -0.25) is 10.1 Å². The van der Waals surface area contributed by atoms with Crippen molar-refractivity contribution >= 4 is 38.1 Å². The van der Waals surface area contributed by atoms with Crippen molar-refractivity contribution in [2.75, 3.05) is 31.6 Å². The number of amides is 1. The van der Waals surface area contributed by atoms with Crippen molar-refractivity contribution in [3.63, 3.8) is 0 Å². The Morgan fingerprint density at radius 2 is 1.97 bits per heavy atom. The Morgan fingerprint density at radius 3 is 2.56 bits per heavy atom. The minimum absolute atomic E-state index is 0.0707. The van der Waals surface area contributed by atoms with Gasteiger partial charge in [0.25, 0.3) is 5.91 Å². The molecule has 2 saturated heterocycles. The van der Waals surface area contributed by atoms with E-state index in [1.807, 2.05) is 0 Å². The van der Waals surface area contributed by atoms with Gasteiger partial charge in [0, 0.05) is 24.1 Å². The minimum atomic E-state index is -3.74. The number of ether oxygens (including phenoxy) is 1. The first-order valence-corrected chi connectivity index (χ1v) is 14.1. The number of aromatic nitrogens is 1. The summed E-state index contributed by atoms with van der Waals surface area (Å²) in [4.78, 5) is 24.6. The Kier molecular flexibility index (Phi) is 8.67. The zero-order chi connectivity index (χ0) is 25.7. The number of nitrogens with one attached hydrogen (secondary N) is 2. The van der Waals surface area contributed by atoms with Crippen molar-refractivity contribution in [2.24, 2.45) is 5.16 Å². The lowest BCUT2D eigenvalue weighted by Crippen LogP contribution is -2.46. The average molecular weight is 540 g/mol. The van der Waals surface area contributed by atoms with Gasteiger partial charge in [0.05, 0.1) is 24.3 Å². The van der Waals surface area contributed by atoms with E-state index >= 15 is 0 Å². The van der Waals surface area contributed by atoms with E-state index in [9.17, 15) is 17.6 Å². The maximum atomic E-state index is 13.3. The van der Waals surface area contributed by atoms with E-state index in [0.29, 0.717) is 42.6 Å². The van der Waals surface area contributed by atoms with Gasteiger partial charge < -0.3 is 14.5 Å². The molecular weight excluding hydrogens is 509 g/mol. The normalized spacial score (nSPS) is 20.1. The highest BCUT2D eigenvalue weighted by Gasteiger charge is 2.26. The standard InChI is InChI=1S/C23H30FN5O5S2/c1-15(2)29-10-7-17(8-11-29)28-36(31,32)19-5-3-16(4-6-19)21(27-34-18-9-12-33-14-18)22(30)26-23-25-13-20(24)35-23/h3-6,13,15,17-18,28H,7-12,14H2,1-2H3,(H,25,26,30)/t18-/m1/s1. The topological polar surface area (TPSA) is 122 Å². The van der Waals surface area contributed by atoms with Crippen molar-refractivity contribution in [3.05, 3.63) is 41.2 Å². The molecule has 10 nitrogen and oxygen atoms in total. The van der Waals surface area contributed by atoms with Crippen LogP contribution >= 0.6 is 11.3 Å². The van der Waals surface area contributed by atoms with Crippen LogP contribution in [0.4, 0.5) is 9.52 Å². The predicted octanol–water partition coefficient (Wildman–Crippen LogP) is 2.58. The van der Waals surface area contributed by atoms with Gasteiger partial charge in [-0.05, 0) is 51.9 Å². The maximum Gasteiger partial charge on any atom is 0.280 e. The Hall–Kier alpha value is -2.45. The Balaban J connectivity index is 1.47. The minimum Gasteiger partial charge on any atom is -0.389 e. The van der Waals surface area contributed by atoms with E-state index < -0.39 is 21.1 Å². The zero-order valence-electron chi connectivity index (χ0n) is 20.1. The highest BCUT2D eigenvalue weighted by Crippen LogP contribution is 2.20. The fourth-order valence-electron chi connectivity index (χ4n) is 4.03. The van der Waals surface area contributed by atoms with Crippen LogP contribution in [0.3, 0.4) is 0 Å². The van der Waals surface area contributed by atoms with Crippen LogP contribution in [0.25, 0.3) is 0 Å². The number of oxime groups is 1. The van der Waals surface area contributed by atoms with Gasteiger partial charge in [0.15, 0.2) is 22.1 Å². The molecule has 1 amide bonds. The first-order chi connectivity index (χ1) is 17.2. The summed E-state index contributed by atoms with van der Waals surface area (Å²) in [7, 11) is -3.74. The number of nitrogens with zero attached hydrogens (tertiary/aromatic N) is 3. The highest BCUT2D eigenvalue weighted by molar-refractivity contribution is 7.89. The molecule has 0 aliphatic carbocycles. The van der Waals surface area contributed by atoms with Crippen LogP contribution in [0.15, 0.2) is 40.5 Å². The number of hydrogen-bond donors (Lipinski definition) is 2. The third kappa shape index (κ3) is 6.85. The monoisotopic (exact) mass is 539 g/mol. The predicted molar refractivity (Wildman–Crippen MR) is 134 cm³/mol. The molecule has 2 aliphatic rings. The summed E-state index contributed by atoms with van der Waals surface area (Å²) in [6, 6.07) is 6.13. The first-order valence-electron chi connectivity index (χ1n) is 11.8. The largest absolute Gasteiger partial charge is 0.389 e. The van der Waals surface area contributed by atoms with Crippen LogP contribution in [-0.2, 0) is 24.4 Å². The first kappa shape index (κ1) is 26.6. The molecule has 0 spiro atoms. The van der Waals surface area contributed by atoms with Gasteiger partial charge in [0.1, 0.15) is 0 Å². The van der Waals surface area contributed by atoms with Crippen molar-refractivity contribution in [2.45, 2.75) is 56.2 Å². The number of hydrogen-bond acceptors (Lipinski definition) is 9. The van der Waals surface area contributed by atoms with Crippen LogP contribution in [0.1, 0.15) is 38.7 Å². The zero-order valence-corrected chi connectivity index (χ0v) is 21.8. The molecule has 0 unspecified atom stereocenters. The summed E-state index contributed by atoms with van der Waals surface area (Å²) < 4.78 is 47.3. The molecule has 0 radical (unpaired) electrons. The number of carbonyl (C=O) groups excluding carboxylic acids is 1. The van der Waals surface area contributed by atoms with Crippen molar-refractivity contribution in [1.82, 2.24) is 14.6 Å². The number of sulfonamides is 1. The van der Waals surface area contributed by atoms with Crippen LogP contribution in [-0.4, -0.2) is 74.4 Å². The molecule has 0 saturated carbocycles. The molecular formula is C23H30FN5O5S2.